The van der Waals surface area contributed by atoms with Crippen molar-refractivity contribution in [1.82, 2.24) is 0 Å². The van der Waals surface area contributed by atoms with Crippen LogP contribution in [0.4, 0.5) is 11.4 Å². The van der Waals surface area contributed by atoms with E-state index in [0.717, 1.165) is 0 Å². The molecule has 6 heteroatoms. The Kier molecular flexibility index (Phi) is 3.41. The van der Waals surface area contributed by atoms with Gasteiger partial charge in [0.25, 0.3) is 5.69 Å². The first-order chi connectivity index (χ1) is 6.97. The van der Waals surface area contributed by atoms with Gasteiger partial charge in [-0.05, 0) is 18.6 Å². The number of nitrogen functional groups attached to an aromatic ring is 1. The number of Topliss-reactive ketones (excluding diaryl/α,β-unsaturated/α-hetero) is 1. The zero-order valence-corrected chi connectivity index (χ0v) is 9.58. The maximum atomic E-state index is 11.5. The first-order valence-electron chi connectivity index (χ1n) is 4.11. The van der Waals surface area contributed by atoms with Crippen LogP contribution >= 0.6 is 15.9 Å². The Morgan fingerprint density at radius 1 is 1.60 bits per heavy atom. The predicted octanol–water partition coefficient (Wildman–Crippen LogP) is 2.06. The minimum Gasteiger partial charge on any atom is -0.399 e. The maximum absolute atomic E-state index is 11.5. The van der Waals surface area contributed by atoms with E-state index in [1.807, 2.05) is 0 Å². The summed E-state index contributed by atoms with van der Waals surface area (Å²) in [6, 6.07) is 2.74. The molecule has 1 aromatic rings. The predicted molar refractivity (Wildman–Crippen MR) is 60.4 cm³/mol. The van der Waals surface area contributed by atoms with Gasteiger partial charge in [-0.25, -0.2) is 0 Å². The summed E-state index contributed by atoms with van der Waals surface area (Å²) in [6.45, 7) is 1.62. The number of alkyl halides is 1. The van der Waals surface area contributed by atoms with Crippen molar-refractivity contribution in [3.05, 3.63) is 33.4 Å². The molecule has 0 fully saturated rings. The monoisotopic (exact) mass is 272 g/mol. The first kappa shape index (κ1) is 11.6. The standard InChI is InChI=1S/C9H9BrN2O3/c1-5-2-6(11)3-7(12(14)15)9(5)8(13)4-10/h2-3H,4,11H2,1H3. The van der Waals surface area contributed by atoms with Gasteiger partial charge in [-0.15, -0.1) is 0 Å². The lowest BCUT2D eigenvalue weighted by molar-refractivity contribution is -0.385. The zero-order valence-electron chi connectivity index (χ0n) is 7.99. The van der Waals surface area contributed by atoms with E-state index >= 15 is 0 Å². The van der Waals surface area contributed by atoms with Gasteiger partial charge in [0, 0.05) is 11.8 Å². The Bertz CT molecular complexity index is 432. The van der Waals surface area contributed by atoms with Crippen LogP contribution in [0.2, 0.25) is 0 Å². The molecule has 2 N–H and O–H groups in total. The van der Waals surface area contributed by atoms with E-state index in [2.05, 4.69) is 15.9 Å². The highest BCUT2D eigenvalue weighted by atomic mass is 79.9. The molecule has 0 atom stereocenters. The van der Waals surface area contributed by atoms with Gasteiger partial charge >= 0.3 is 0 Å². The van der Waals surface area contributed by atoms with Crippen molar-refractivity contribution in [2.45, 2.75) is 6.92 Å². The number of hydrogen-bond donors (Lipinski definition) is 1. The van der Waals surface area contributed by atoms with E-state index < -0.39 is 4.92 Å². The SMILES string of the molecule is Cc1cc(N)cc([N+](=O)[O-])c1C(=O)CBr. The molecule has 0 heterocycles. The van der Waals surface area contributed by atoms with Gasteiger partial charge in [0.2, 0.25) is 0 Å². The van der Waals surface area contributed by atoms with Gasteiger partial charge in [-0.1, -0.05) is 15.9 Å². The third kappa shape index (κ3) is 2.33. The van der Waals surface area contributed by atoms with Gasteiger partial charge in [0.15, 0.2) is 5.78 Å². The van der Waals surface area contributed by atoms with Crippen molar-refractivity contribution in [3.8, 4) is 0 Å². The molecular weight excluding hydrogens is 264 g/mol. The minimum atomic E-state index is -0.598. The number of carbonyl (C=O) groups excluding carboxylic acids is 1. The van der Waals surface area contributed by atoms with Crippen molar-refractivity contribution in [3.63, 3.8) is 0 Å². The summed E-state index contributed by atoms with van der Waals surface area (Å²) in [5.41, 5.74) is 6.16. The van der Waals surface area contributed by atoms with Crippen LogP contribution in [-0.4, -0.2) is 16.0 Å². The number of nitrogens with two attached hydrogens (primary N) is 1. The molecule has 0 aliphatic carbocycles. The van der Waals surface area contributed by atoms with Gasteiger partial charge in [0.05, 0.1) is 15.8 Å². The molecule has 0 radical (unpaired) electrons. The molecule has 1 aromatic carbocycles. The Morgan fingerprint density at radius 2 is 2.20 bits per heavy atom. The molecule has 80 valence electrons. The van der Waals surface area contributed by atoms with Gasteiger partial charge in [-0.3, -0.25) is 14.9 Å². The van der Waals surface area contributed by atoms with Crippen molar-refractivity contribution in [1.29, 1.82) is 0 Å². The van der Waals surface area contributed by atoms with E-state index in [0.29, 0.717) is 5.56 Å². The highest BCUT2D eigenvalue weighted by Crippen LogP contribution is 2.26. The Morgan fingerprint density at radius 3 is 2.67 bits per heavy atom. The largest absolute Gasteiger partial charge is 0.399 e. The lowest BCUT2D eigenvalue weighted by atomic mass is 10.0. The molecule has 0 saturated carbocycles. The maximum Gasteiger partial charge on any atom is 0.282 e. The molecule has 0 aliphatic heterocycles. The van der Waals surface area contributed by atoms with Crippen LogP contribution in [0.1, 0.15) is 15.9 Å². The average molecular weight is 273 g/mol. The number of nitro benzene ring substituents is 1. The van der Waals surface area contributed by atoms with Crippen LogP contribution in [0, 0.1) is 17.0 Å². The summed E-state index contributed by atoms with van der Waals surface area (Å²) in [6.07, 6.45) is 0. The summed E-state index contributed by atoms with van der Waals surface area (Å²) in [7, 11) is 0. The van der Waals surface area contributed by atoms with Crippen LogP contribution in [0.5, 0.6) is 0 Å². The molecule has 1 rings (SSSR count). The lowest BCUT2D eigenvalue weighted by Gasteiger charge is -2.05. The Balaban J connectivity index is 3.46. The van der Waals surface area contributed by atoms with E-state index in [-0.39, 0.29) is 28.1 Å². The third-order valence-electron chi connectivity index (χ3n) is 1.93. The van der Waals surface area contributed by atoms with Crippen molar-refractivity contribution < 1.29 is 9.72 Å². The van der Waals surface area contributed by atoms with Crippen molar-refractivity contribution in [2.75, 3.05) is 11.1 Å². The van der Waals surface area contributed by atoms with Crippen molar-refractivity contribution in [2.24, 2.45) is 0 Å². The molecule has 0 spiro atoms. The normalized spacial score (nSPS) is 10.0. The number of benzene rings is 1. The summed E-state index contributed by atoms with van der Waals surface area (Å²) in [4.78, 5) is 21.6. The minimum absolute atomic E-state index is 0.0542. The topological polar surface area (TPSA) is 86.2 Å². The Hall–Kier alpha value is -1.43. The summed E-state index contributed by atoms with van der Waals surface area (Å²) in [5.74, 6) is -0.320. The number of ketones is 1. The fourth-order valence-electron chi connectivity index (χ4n) is 1.37. The van der Waals surface area contributed by atoms with E-state index in [9.17, 15) is 14.9 Å². The van der Waals surface area contributed by atoms with E-state index in [1.165, 1.54) is 6.07 Å². The number of nitrogens with zero attached hydrogens (tertiary/aromatic N) is 1. The number of rotatable bonds is 3. The smallest absolute Gasteiger partial charge is 0.282 e. The number of aryl methyl sites for hydroxylation is 1. The van der Waals surface area contributed by atoms with Crippen LogP contribution in [0.25, 0.3) is 0 Å². The number of hydrogen-bond acceptors (Lipinski definition) is 4. The van der Waals surface area contributed by atoms with Gasteiger partial charge < -0.3 is 5.73 Å². The van der Waals surface area contributed by atoms with E-state index in [4.69, 9.17) is 5.73 Å². The fourth-order valence-corrected chi connectivity index (χ4v) is 1.65. The van der Waals surface area contributed by atoms with Crippen molar-refractivity contribution >= 4 is 33.1 Å². The second kappa shape index (κ2) is 4.39. The quantitative estimate of drug-likeness (QED) is 0.300. The highest BCUT2D eigenvalue weighted by molar-refractivity contribution is 9.09. The van der Waals surface area contributed by atoms with Crippen LogP contribution in [-0.2, 0) is 0 Å². The number of anilines is 1. The molecule has 0 amide bonds. The van der Waals surface area contributed by atoms with Crippen LogP contribution < -0.4 is 5.73 Å². The summed E-state index contributed by atoms with van der Waals surface area (Å²) < 4.78 is 0. The molecule has 0 saturated heterocycles. The van der Waals surface area contributed by atoms with Crippen LogP contribution in [0.3, 0.4) is 0 Å². The first-order valence-corrected chi connectivity index (χ1v) is 5.23. The van der Waals surface area contributed by atoms with Gasteiger partial charge in [-0.2, -0.15) is 0 Å². The number of carbonyl (C=O) groups is 1. The average Bonchev–Trinajstić information content (AvgIpc) is 2.15. The third-order valence-corrected chi connectivity index (χ3v) is 2.44. The molecule has 15 heavy (non-hydrogen) atoms. The van der Waals surface area contributed by atoms with E-state index in [1.54, 1.807) is 13.0 Å². The fraction of sp³-hybridized carbons (Fsp3) is 0.222. The number of halogens is 1. The van der Waals surface area contributed by atoms with Crippen LogP contribution in [0.15, 0.2) is 12.1 Å². The molecular formula is C9H9BrN2O3. The number of nitro groups is 1. The lowest BCUT2D eigenvalue weighted by Crippen LogP contribution is -2.08. The molecule has 0 unspecified atom stereocenters. The highest BCUT2D eigenvalue weighted by Gasteiger charge is 2.22. The summed E-state index contributed by atoms with van der Waals surface area (Å²) in [5, 5.41) is 10.8. The zero-order chi connectivity index (χ0) is 11.6. The molecule has 5 nitrogen and oxygen atoms in total. The van der Waals surface area contributed by atoms with Gasteiger partial charge in [0.1, 0.15) is 0 Å². The molecule has 0 bridgehead atoms. The summed E-state index contributed by atoms with van der Waals surface area (Å²) >= 11 is 2.98. The second-order valence-electron chi connectivity index (χ2n) is 3.05. The Labute approximate surface area is 94.5 Å². The second-order valence-corrected chi connectivity index (χ2v) is 3.61. The molecule has 0 aromatic heterocycles. The molecule has 0 aliphatic rings.